The number of benzene rings is 1. The molecular formula is C19H24N4O2. The van der Waals surface area contributed by atoms with E-state index in [-0.39, 0.29) is 5.91 Å². The van der Waals surface area contributed by atoms with Crippen LogP contribution in [0.4, 0.5) is 0 Å². The van der Waals surface area contributed by atoms with Crippen LogP contribution in [-0.4, -0.2) is 29.3 Å². The molecule has 1 saturated carbocycles. The summed E-state index contributed by atoms with van der Waals surface area (Å²) in [6, 6.07) is 7.73. The number of fused-ring (bicyclic) bond motifs is 1. The van der Waals surface area contributed by atoms with Crippen molar-refractivity contribution >= 4 is 5.91 Å². The van der Waals surface area contributed by atoms with Gasteiger partial charge in [-0.05, 0) is 24.8 Å². The second-order valence-electron chi connectivity index (χ2n) is 6.82. The van der Waals surface area contributed by atoms with Gasteiger partial charge in [-0.25, -0.2) is 0 Å². The quantitative estimate of drug-likeness (QED) is 0.842. The average molecular weight is 340 g/mol. The molecular weight excluding hydrogens is 316 g/mol. The van der Waals surface area contributed by atoms with Crippen molar-refractivity contribution in [3.8, 4) is 5.75 Å². The van der Waals surface area contributed by atoms with Crippen LogP contribution in [0.5, 0.6) is 5.75 Å². The maximum atomic E-state index is 12.7. The Morgan fingerprint density at radius 1 is 1.40 bits per heavy atom. The lowest BCUT2D eigenvalue weighted by Gasteiger charge is -2.15. The highest BCUT2D eigenvalue weighted by Crippen LogP contribution is 2.32. The lowest BCUT2D eigenvalue weighted by atomic mass is 10.1. The summed E-state index contributed by atoms with van der Waals surface area (Å²) in [4.78, 5) is 12.7. The minimum absolute atomic E-state index is 0.111. The van der Waals surface area contributed by atoms with Crippen molar-refractivity contribution in [2.75, 3.05) is 13.7 Å². The predicted molar refractivity (Wildman–Crippen MR) is 94.5 cm³/mol. The van der Waals surface area contributed by atoms with Crippen LogP contribution in [0.1, 0.15) is 40.2 Å². The Kier molecular flexibility index (Phi) is 4.44. The standard InChI is InChI=1S/C19H24N4O2/c1-25-17-5-3-2-4-14(17)10-21-19(24)18-15-11-20-9-8-16(15)23(22-18)12-13-6-7-13/h2-5,13,20H,6-12H2,1H3,(H,21,24). The van der Waals surface area contributed by atoms with Gasteiger partial charge in [-0.1, -0.05) is 18.2 Å². The number of amides is 1. The largest absolute Gasteiger partial charge is 0.496 e. The van der Waals surface area contributed by atoms with Gasteiger partial charge in [-0.15, -0.1) is 0 Å². The highest BCUT2D eigenvalue weighted by molar-refractivity contribution is 5.94. The van der Waals surface area contributed by atoms with Gasteiger partial charge in [0.2, 0.25) is 0 Å². The molecule has 0 bridgehead atoms. The lowest BCUT2D eigenvalue weighted by Crippen LogP contribution is -2.28. The molecule has 2 aromatic rings. The van der Waals surface area contributed by atoms with Gasteiger partial charge in [-0.3, -0.25) is 9.48 Å². The van der Waals surface area contributed by atoms with Gasteiger partial charge in [-0.2, -0.15) is 5.10 Å². The maximum absolute atomic E-state index is 12.7. The number of ether oxygens (including phenoxy) is 1. The first-order valence-corrected chi connectivity index (χ1v) is 8.95. The van der Waals surface area contributed by atoms with Crippen LogP contribution in [0.3, 0.4) is 0 Å². The second-order valence-corrected chi connectivity index (χ2v) is 6.82. The molecule has 1 amide bonds. The van der Waals surface area contributed by atoms with Crippen molar-refractivity contribution in [1.82, 2.24) is 20.4 Å². The van der Waals surface area contributed by atoms with E-state index in [4.69, 9.17) is 4.74 Å². The molecule has 0 saturated heterocycles. The molecule has 0 spiro atoms. The van der Waals surface area contributed by atoms with E-state index in [0.717, 1.165) is 48.8 Å². The molecule has 0 atom stereocenters. The zero-order valence-corrected chi connectivity index (χ0v) is 14.5. The number of rotatable bonds is 6. The Balaban J connectivity index is 1.52. The van der Waals surface area contributed by atoms with E-state index >= 15 is 0 Å². The fourth-order valence-electron chi connectivity index (χ4n) is 3.41. The third kappa shape index (κ3) is 3.39. The van der Waals surface area contributed by atoms with E-state index in [1.165, 1.54) is 18.5 Å². The molecule has 132 valence electrons. The first-order valence-electron chi connectivity index (χ1n) is 8.95. The molecule has 0 radical (unpaired) electrons. The molecule has 1 aromatic carbocycles. The van der Waals surface area contributed by atoms with Crippen molar-refractivity contribution in [2.45, 2.75) is 38.9 Å². The van der Waals surface area contributed by atoms with Crippen LogP contribution in [-0.2, 0) is 26.1 Å². The zero-order chi connectivity index (χ0) is 17.2. The fraction of sp³-hybridized carbons (Fsp3) is 0.474. The number of carbonyl (C=O) groups excluding carboxylic acids is 1. The van der Waals surface area contributed by atoms with E-state index in [2.05, 4.69) is 20.4 Å². The van der Waals surface area contributed by atoms with Crippen molar-refractivity contribution in [3.63, 3.8) is 0 Å². The molecule has 2 aliphatic rings. The maximum Gasteiger partial charge on any atom is 0.272 e. The summed E-state index contributed by atoms with van der Waals surface area (Å²) >= 11 is 0. The molecule has 4 rings (SSSR count). The minimum atomic E-state index is -0.111. The van der Waals surface area contributed by atoms with E-state index in [0.29, 0.717) is 12.2 Å². The van der Waals surface area contributed by atoms with Crippen molar-refractivity contribution in [1.29, 1.82) is 0 Å². The number of aromatic nitrogens is 2. The van der Waals surface area contributed by atoms with Crippen LogP contribution >= 0.6 is 0 Å². The second kappa shape index (κ2) is 6.88. The summed E-state index contributed by atoms with van der Waals surface area (Å²) in [5, 5.41) is 11.0. The number of nitrogens with zero attached hydrogens (tertiary/aromatic N) is 2. The molecule has 6 heteroatoms. The van der Waals surface area contributed by atoms with Crippen molar-refractivity contribution in [3.05, 3.63) is 46.8 Å². The van der Waals surface area contributed by atoms with Gasteiger partial charge in [0, 0.05) is 49.4 Å². The third-order valence-electron chi connectivity index (χ3n) is 4.98. The molecule has 1 aliphatic carbocycles. The SMILES string of the molecule is COc1ccccc1CNC(=O)c1nn(CC2CC2)c2c1CNCC2. The molecule has 6 nitrogen and oxygen atoms in total. The Morgan fingerprint density at radius 2 is 2.24 bits per heavy atom. The first kappa shape index (κ1) is 16.1. The number of methoxy groups -OCH3 is 1. The van der Waals surface area contributed by atoms with Crippen LogP contribution in [0.2, 0.25) is 0 Å². The Bertz CT molecular complexity index is 780. The zero-order valence-electron chi connectivity index (χ0n) is 14.5. The number of nitrogens with one attached hydrogen (secondary N) is 2. The summed E-state index contributed by atoms with van der Waals surface area (Å²) in [5.74, 6) is 1.41. The molecule has 2 heterocycles. The Morgan fingerprint density at radius 3 is 3.04 bits per heavy atom. The number of hydrogen-bond acceptors (Lipinski definition) is 4. The first-order chi connectivity index (χ1) is 12.3. The molecule has 1 fully saturated rings. The number of para-hydroxylation sites is 1. The summed E-state index contributed by atoms with van der Waals surface area (Å²) < 4.78 is 7.42. The van der Waals surface area contributed by atoms with E-state index < -0.39 is 0 Å². The topological polar surface area (TPSA) is 68.2 Å². The van der Waals surface area contributed by atoms with Gasteiger partial charge in [0.1, 0.15) is 5.75 Å². The summed E-state index contributed by atoms with van der Waals surface area (Å²) in [6.07, 6.45) is 3.50. The van der Waals surface area contributed by atoms with Gasteiger partial charge in [0.05, 0.1) is 7.11 Å². The van der Waals surface area contributed by atoms with Gasteiger partial charge in [0.25, 0.3) is 5.91 Å². The van der Waals surface area contributed by atoms with Crippen LogP contribution in [0.15, 0.2) is 24.3 Å². The monoisotopic (exact) mass is 340 g/mol. The van der Waals surface area contributed by atoms with E-state index in [9.17, 15) is 4.79 Å². The Labute approximate surface area is 147 Å². The summed E-state index contributed by atoms with van der Waals surface area (Å²) in [6.45, 7) is 3.05. The van der Waals surface area contributed by atoms with E-state index in [1.807, 2.05) is 24.3 Å². The minimum Gasteiger partial charge on any atom is -0.496 e. The molecule has 2 N–H and O–H groups in total. The van der Waals surface area contributed by atoms with Crippen LogP contribution in [0, 0.1) is 5.92 Å². The average Bonchev–Trinajstić information content (AvgIpc) is 3.40. The third-order valence-corrected chi connectivity index (χ3v) is 4.98. The highest BCUT2D eigenvalue weighted by Gasteiger charge is 2.28. The predicted octanol–water partition coefficient (Wildman–Crippen LogP) is 1.88. The fourth-order valence-corrected chi connectivity index (χ4v) is 3.41. The summed E-state index contributed by atoms with van der Waals surface area (Å²) in [5.41, 5.74) is 3.82. The van der Waals surface area contributed by atoms with Gasteiger partial charge < -0.3 is 15.4 Å². The van der Waals surface area contributed by atoms with Crippen molar-refractivity contribution in [2.24, 2.45) is 5.92 Å². The smallest absolute Gasteiger partial charge is 0.272 e. The van der Waals surface area contributed by atoms with Gasteiger partial charge in [0.15, 0.2) is 5.69 Å². The lowest BCUT2D eigenvalue weighted by molar-refractivity contribution is 0.0943. The summed E-state index contributed by atoms with van der Waals surface area (Å²) in [7, 11) is 1.64. The molecule has 1 aromatic heterocycles. The van der Waals surface area contributed by atoms with Crippen LogP contribution in [0.25, 0.3) is 0 Å². The highest BCUT2D eigenvalue weighted by atomic mass is 16.5. The van der Waals surface area contributed by atoms with Crippen LogP contribution < -0.4 is 15.4 Å². The van der Waals surface area contributed by atoms with E-state index in [1.54, 1.807) is 7.11 Å². The Hall–Kier alpha value is -2.34. The number of carbonyl (C=O) groups is 1. The molecule has 25 heavy (non-hydrogen) atoms. The van der Waals surface area contributed by atoms with Gasteiger partial charge >= 0.3 is 0 Å². The van der Waals surface area contributed by atoms with Crippen molar-refractivity contribution < 1.29 is 9.53 Å². The normalized spacial score (nSPS) is 16.4. The number of hydrogen-bond donors (Lipinski definition) is 2. The molecule has 0 unspecified atom stereocenters. The molecule has 1 aliphatic heterocycles.